The van der Waals surface area contributed by atoms with Crippen LogP contribution in [0.3, 0.4) is 0 Å². The zero-order chi connectivity index (χ0) is 15.1. The van der Waals surface area contributed by atoms with E-state index in [1.54, 1.807) is 0 Å². The molecule has 2 unspecified atom stereocenters. The molecule has 0 spiro atoms. The van der Waals surface area contributed by atoms with Crippen molar-refractivity contribution in [3.63, 3.8) is 0 Å². The molecule has 0 amide bonds. The number of likely N-dealkylation sites (tertiary alicyclic amines) is 1. The minimum Gasteiger partial charge on any atom is -0.388 e. The molecule has 21 heavy (non-hydrogen) atoms. The molecule has 0 saturated carbocycles. The fourth-order valence-corrected chi connectivity index (χ4v) is 3.72. The van der Waals surface area contributed by atoms with E-state index in [-0.39, 0.29) is 6.10 Å². The molecular formula is C18H29NOS. The summed E-state index contributed by atoms with van der Waals surface area (Å²) >= 11 is 1.89. The van der Waals surface area contributed by atoms with Crippen LogP contribution in [0.15, 0.2) is 29.2 Å². The van der Waals surface area contributed by atoms with Gasteiger partial charge in [-0.2, -0.15) is 0 Å². The van der Waals surface area contributed by atoms with Gasteiger partial charge in [0.15, 0.2) is 0 Å². The fraction of sp³-hybridized carbons (Fsp3) is 0.667. The maximum absolute atomic E-state index is 10.4. The molecule has 1 N–H and O–H groups in total. The Morgan fingerprint density at radius 2 is 2.05 bits per heavy atom. The van der Waals surface area contributed by atoms with Gasteiger partial charge in [-0.15, -0.1) is 11.8 Å². The first-order valence-corrected chi connectivity index (χ1v) is 9.34. The van der Waals surface area contributed by atoms with Gasteiger partial charge < -0.3 is 10.0 Å². The molecule has 2 atom stereocenters. The summed E-state index contributed by atoms with van der Waals surface area (Å²) in [7, 11) is 0. The molecule has 3 heteroatoms. The second-order valence-corrected chi connectivity index (χ2v) is 7.27. The summed E-state index contributed by atoms with van der Waals surface area (Å²) in [6.45, 7) is 6.72. The lowest BCUT2D eigenvalue weighted by atomic mass is 10.0. The van der Waals surface area contributed by atoms with Gasteiger partial charge in [0.05, 0.1) is 6.10 Å². The third-order valence-electron chi connectivity index (χ3n) is 4.37. The minimum absolute atomic E-state index is 0.329. The number of thioether (sulfide) groups is 1. The first kappa shape index (κ1) is 16.9. The minimum atomic E-state index is -0.329. The second-order valence-electron chi connectivity index (χ2n) is 6.10. The number of benzene rings is 1. The Labute approximate surface area is 133 Å². The Morgan fingerprint density at radius 3 is 2.71 bits per heavy atom. The summed E-state index contributed by atoms with van der Waals surface area (Å²) in [5.74, 6) is 1.16. The van der Waals surface area contributed by atoms with Crippen molar-refractivity contribution < 1.29 is 5.11 Å². The predicted molar refractivity (Wildman–Crippen MR) is 91.9 cm³/mol. The monoisotopic (exact) mass is 307 g/mol. The zero-order valence-electron chi connectivity index (χ0n) is 13.4. The van der Waals surface area contributed by atoms with Gasteiger partial charge in [0.2, 0.25) is 0 Å². The maximum atomic E-state index is 10.4. The Kier molecular flexibility index (Phi) is 7.08. The molecule has 2 rings (SSSR count). The molecular weight excluding hydrogens is 278 g/mol. The average Bonchev–Trinajstić information content (AvgIpc) is 2.52. The van der Waals surface area contributed by atoms with Crippen molar-refractivity contribution in [1.82, 2.24) is 4.90 Å². The Hall–Kier alpha value is -0.510. The molecule has 0 bridgehead atoms. The molecule has 1 aromatic carbocycles. The van der Waals surface area contributed by atoms with Crippen LogP contribution in [0.25, 0.3) is 0 Å². The fourth-order valence-electron chi connectivity index (χ4n) is 2.95. The zero-order valence-corrected chi connectivity index (χ0v) is 14.2. The van der Waals surface area contributed by atoms with Gasteiger partial charge in [0.1, 0.15) is 0 Å². The molecule has 0 radical (unpaired) electrons. The smallest absolute Gasteiger partial charge is 0.0802 e. The highest BCUT2D eigenvalue weighted by molar-refractivity contribution is 7.99. The number of aliphatic hydroxyl groups is 1. The number of hydrogen-bond donors (Lipinski definition) is 1. The molecule has 1 saturated heterocycles. The lowest BCUT2D eigenvalue weighted by molar-refractivity contribution is 0.109. The highest BCUT2D eigenvalue weighted by Crippen LogP contribution is 2.24. The maximum Gasteiger partial charge on any atom is 0.0802 e. The first-order valence-electron chi connectivity index (χ1n) is 8.35. The third kappa shape index (κ3) is 5.32. The third-order valence-corrected chi connectivity index (χ3v) is 5.59. The van der Waals surface area contributed by atoms with Gasteiger partial charge in [-0.1, -0.05) is 25.5 Å². The SMILES string of the molecule is CCCSc1ccc(C(O)CCN2CCCCC2C)cc1. The van der Waals surface area contributed by atoms with Crippen LogP contribution in [0.1, 0.15) is 57.6 Å². The molecule has 118 valence electrons. The van der Waals surface area contributed by atoms with Crippen LogP contribution in [-0.2, 0) is 0 Å². The number of nitrogens with zero attached hydrogens (tertiary/aromatic N) is 1. The van der Waals surface area contributed by atoms with Crippen molar-refractivity contribution in [3.05, 3.63) is 29.8 Å². The Balaban J connectivity index is 1.80. The quantitative estimate of drug-likeness (QED) is 0.751. The number of aliphatic hydroxyl groups excluding tert-OH is 1. The lowest BCUT2D eigenvalue weighted by Crippen LogP contribution is -2.38. The van der Waals surface area contributed by atoms with Crippen LogP contribution < -0.4 is 0 Å². The highest BCUT2D eigenvalue weighted by Gasteiger charge is 2.19. The molecule has 1 aliphatic heterocycles. The molecule has 1 fully saturated rings. The number of piperidine rings is 1. The van der Waals surface area contributed by atoms with E-state index in [2.05, 4.69) is 43.0 Å². The van der Waals surface area contributed by atoms with E-state index in [1.807, 2.05) is 11.8 Å². The Morgan fingerprint density at radius 1 is 1.29 bits per heavy atom. The molecule has 1 aromatic rings. The number of hydrogen-bond acceptors (Lipinski definition) is 3. The van der Waals surface area contributed by atoms with Gasteiger partial charge in [-0.3, -0.25) is 0 Å². The second kappa shape index (κ2) is 8.82. The van der Waals surface area contributed by atoms with E-state index < -0.39 is 0 Å². The van der Waals surface area contributed by atoms with Gasteiger partial charge in [-0.25, -0.2) is 0 Å². The van der Waals surface area contributed by atoms with Crippen molar-refractivity contribution in [1.29, 1.82) is 0 Å². The van der Waals surface area contributed by atoms with Crippen molar-refractivity contribution >= 4 is 11.8 Å². The molecule has 1 heterocycles. The van der Waals surface area contributed by atoms with Crippen molar-refractivity contribution in [3.8, 4) is 0 Å². The van der Waals surface area contributed by atoms with Gasteiger partial charge in [0.25, 0.3) is 0 Å². The van der Waals surface area contributed by atoms with Crippen LogP contribution in [-0.4, -0.2) is 34.9 Å². The van der Waals surface area contributed by atoms with Crippen molar-refractivity contribution in [2.75, 3.05) is 18.8 Å². The first-order chi connectivity index (χ1) is 10.2. The van der Waals surface area contributed by atoms with Gasteiger partial charge >= 0.3 is 0 Å². The van der Waals surface area contributed by atoms with E-state index >= 15 is 0 Å². The van der Waals surface area contributed by atoms with E-state index in [0.29, 0.717) is 6.04 Å². The van der Waals surface area contributed by atoms with Crippen molar-refractivity contribution in [2.24, 2.45) is 0 Å². The standard InChI is InChI=1S/C18H29NOS/c1-3-14-21-17-9-7-16(8-10-17)18(20)11-13-19-12-5-4-6-15(19)2/h7-10,15,18,20H,3-6,11-14H2,1-2H3. The molecule has 0 aliphatic carbocycles. The molecule has 0 aromatic heterocycles. The Bertz CT molecular complexity index is 406. The largest absolute Gasteiger partial charge is 0.388 e. The summed E-state index contributed by atoms with van der Waals surface area (Å²) in [6, 6.07) is 9.13. The van der Waals surface area contributed by atoms with Crippen LogP contribution in [0.2, 0.25) is 0 Å². The topological polar surface area (TPSA) is 23.5 Å². The lowest BCUT2D eigenvalue weighted by Gasteiger charge is -2.33. The van der Waals surface area contributed by atoms with E-state index in [0.717, 1.165) is 24.3 Å². The predicted octanol–water partition coefficient (Wildman–Crippen LogP) is 4.49. The van der Waals surface area contributed by atoms with Crippen molar-refractivity contribution in [2.45, 2.75) is 63.0 Å². The van der Waals surface area contributed by atoms with E-state index in [1.165, 1.54) is 37.1 Å². The van der Waals surface area contributed by atoms with Gasteiger partial charge in [-0.05, 0) is 62.6 Å². The summed E-state index contributed by atoms with van der Waals surface area (Å²) in [5.41, 5.74) is 1.06. The normalized spacial score (nSPS) is 21.4. The van der Waals surface area contributed by atoms with Crippen LogP contribution in [0.4, 0.5) is 0 Å². The molecule has 1 aliphatic rings. The van der Waals surface area contributed by atoms with Crippen LogP contribution in [0, 0.1) is 0 Å². The number of rotatable bonds is 7. The summed E-state index contributed by atoms with van der Waals surface area (Å²) < 4.78 is 0. The summed E-state index contributed by atoms with van der Waals surface area (Å²) in [6.07, 6.45) is 5.68. The van der Waals surface area contributed by atoms with Crippen LogP contribution >= 0.6 is 11.8 Å². The summed E-state index contributed by atoms with van der Waals surface area (Å²) in [5, 5.41) is 10.4. The summed E-state index contributed by atoms with van der Waals surface area (Å²) in [4.78, 5) is 3.83. The average molecular weight is 308 g/mol. The van der Waals surface area contributed by atoms with E-state index in [4.69, 9.17) is 0 Å². The van der Waals surface area contributed by atoms with Gasteiger partial charge in [0, 0.05) is 17.5 Å². The molecule has 2 nitrogen and oxygen atoms in total. The van der Waals surface area contributed by atoms with Crippen LogP contribution in [0.5, 0.6) is 0 Å². The van der Waals surface area contributed by atoms with E-state index in [9.17, 15) is 5.11 Å². The highest BCUT2D eigenvalue weighted by atomic mass is 32.2.